The van der Waals surface area contributed by atoms with Crippen molar-refractivity contribution in [3.05, 3.63) is 53.5 Å². The molecule has 3 aliphatic rings. The Hall–Kier alpha value is -1.70. The van der Waals surface area contributed by atoms with Gasteiger partial charge in [0.25, 0.3) is 0 Å². The predicted molar refractivity (Wildman–Crippen MR) is 96.9 cm³/mol. The Kier molecular flexibility index (Phi) is 3.42. The van der Waals surface area contributed by atoms with Crippen molar-refractivity contribution in [2.75, 3.05) is 4.90 Å². The van der Waals surface area contributed by atoms with Gasteiger partial charge in [0.15, 0.2) is 0 Å². The first-order valence-electron chi connectivity index (χ1n) is 9.58. The highest BCUT2D eigenvalue weighted by Crippen LogP contribution is 2.47. The molecule has 4 rings (SSSR count). The van der Waals surface area contributed by atoms with Crippen molar-refractivity contribution in [2.24, 2.45) is 11.8 Å². The molecule has 2 heterocycles. The van der Waals surface area contributed by atoms with E-state index >= 15 is 0 Å². The molecule has 1 fully saturated rings. The van der Waals surface area contributed by atoms with E-state index in [1.54, 1.807) is 0 Å². The Bertz CT molecular complexity index is 702. The van der Waals surface area contributed by atoms with Gasteiger partial charge in [0.05, 0.1) is 0 Å². The Morgan fingerprint density at radius 1 is 1.09 bits per heavy atom. The van der Waals surface area contributed by atoms with Gasteiger partial charge in [0.2, 0.25) is 0 Å². The number of para-hydroxylation sites is 1. The maximum Gasteiger partial charge on any atom is 0.107 e. The molecule has 0 bridgehead atoms. The first-order valence-corrected chi connectivity index (χ1v) is 9.08. The van der Waals surface area contributed by atoms with Gasteiger partial charge in [-0.3, -0.25) is 0 Å². The highest BCUT2D eigenvalue weighted by molar-refractivity contribution is 5.61. The number of anilines is 1. The summed E-state index contributed by atoms with van der Waals surface area (Å²) in [6, 6.07) is 8.59. The molecule has 0 aromatic heterocycles. The minimum absolute atomic E-state index is 0.244. The first kappa shape index (κ1) is 13.7. The molecule has 2 heteroatoms. The summed E-state index contributed by atoms with van der Waals surface area (Å²) in [6.07, 6.45) is 10.9. The van der Waals surface area contributed by atoms with E-state index in [-0.39, 0.29) is 6.17 Å². The van der Waals surface area contributed by atoms with E-state index in [0.29, 0.717) is 5.92 Å². The Labute approximate surface area is 141 Å². The van der Waals surface area contributed by atoms with Gasteiger partial charge in [0, 0.05) is 30.5 Å². The fourth-order valence-corrected chi connectivity index (χ4v) is 4.65. The summed E-state index contributed by atoms with van der Waals surface area (Å²) in [6.45, 7) is 6.63. The van der Waals surface area contributed by atoms with E-state index in [2.05, 4.69) is 67.1 Å². The average molecular weight is 309 g/mol. The smallest absolute Gasteiger partial charge is 0.107 e. The third-order valence-electron chi connectivity index (χ3n) is 5.85. The molecule has 0 spiro atoms. The zero-order chi connectivity index (χ0) is 16.9. The number of allylic oxidation sites excluding steroid dienone is 2. The lowest BCUT2D eigenvalue weighted by Gasteiger charge is -2.30. The molecule has 1 aliphatic carbocycles. The number of rotatable bonds is 2. The molecule has 0 radical (unpaired) electrons. The molecule has 1 aromatic carbocycles. The van der Waals surface area contributed by atoms with E-state index in [1.807, 2.05) is 0 Å². The summed E-state index contributed by atoms with van der Waals surface area (Å²) in [5.74, 6) is -0.0857. The predicted octanol–water partition coefficient (Wildman–Crippen LogP) is 5.42. The van der Waals surface area contributed by atoms with Crippen LogP contribution in [0.25, 0.3) is 0 Å². The highest BCUT2D eigenvalue weighted by Gasteiger charge is 2.41. The van der Waals surface area contributed by atoms with Crippen LogP contribution in [0.1, 0.15) is 52.9 Å². The average Bonchev–Trinajstić information content (AvgIpc) is 3.07. The summed E-state index contributed by atoms with van der Waals surface area (Å²) in [5.41, 5.74) is 5.03. The fraction of sp³-hybridized carbons (Fsp3) is 0.524. The molecule has 2 atom stereocenters. The molecule has 2 unspecified atom stereocenters. The summed E-state index contributed by atoms with van der Waals surface area (Å²) in [7, 11) is 0. The Morgan fingerprint density at radius 3 is 2.57 bits per heavy atom. The Balaban J connectivity index is 1.76. The van der Waals surface area contributed by atoms with Crippen LogP contribution in [0.15, 0.2) is 47.9 Å². The van der Waals surface area contributed by atoms with E-state index in [9.17, 15) is 1.37 Å². The van der Waals surface area contributed by atoms with Gasteiger partial charge in [-0.15, -0.1) is 0 Å². The van der Waals surface area contributed by atoms with Crippen molar-refractivity contribution in [3.8, 4) is 0 Å². The standard InChI is InChI=1S/C21H28N2/c1-15-9-7-8-12-20(15)23-16(2)21-19(13-14-22(21)17(23)3)18-10-5-4-6-11-18/h7-9,12-14,17-19H,4-6,10-11H2,1-3H3/i19D. The van der Waals surface area contributed by atoms with E-state index < -0.39 is 5.89 Å². The van der Waals surface area contributed by atoms with E-state index in [4.69, 9.17) is 0 Å². The lowest BCUT2D eigenvalue weighted by Crippen LogP contribution is -2.35. The highest BCUT2D eigenvalue weighted by atomic mass is 15.4. The molecule has 1 aromatic rings. The quantitative estimate of drug-likeness (QED) is 0.720. The van der Waals surface area contributed by atoms with Crippen LogP contribution in [-0.2, 0) is 0 Å². The number of aryl methyl sites for hydroxylation is 1. The van der Waals surface area contributed by atoms with Crippen LogP contribution in [0, 0.1) is 18.7 Å². The molecule has 0 saturated heterocycles. The number of hydrogen-bond donors (Lipinski definition) is 0. The van der Waals surface area contributed by atoms with Crippen LogP contribution in [0.3, 0.4) is 0 Å². The maximum absolute atomic E-state index is 9.32. The topological polar surface area (TPSA) is 6.48 Å². The van der Waals surface area contributed by atoms with Gasteiger partial charge in [-0.1, -0.05) is 43.5 Å². The molecular weight excluding hydrogens is 280 g/mol. The number of fused-ring (bicyclic) bond motifs is 1. The summed E-state index contributed by atoms with van der Waals surface area (Å²) in [4.78, 5) is 4.75. The van der Waals surface area contributed by atoms with Gasteiger partial charge in [-0.05, 0) is 51.2 Å². The van der Waals surface area contributed by atoms with Crippen molar-refractivity contribution in [1.29, 1.82) is 0 Å². The van der Waals surface area contributed by atoms with E-state index in [1.165, 1.54) is 54.7 Å². The monoisotopic (exact) mass is 309 g/mol. The molecule has 2 nitrogen and oxygen atoms in total. The zero-order valence-electron chi connectivity index (χ0n) is 15.5. The SMILES string of the molecule is [2H]C1(C2CCCCC2)C=CN2C1=C(C)N(c1ccccc1C)C2C. The third-order valence-corrected chi connectivity index (χ3v) is 5.85. The van der Waals surface area contributed by atoms with Crippen LogP contribution in [0.2, 0.25) is 0 Å². The van der Waals surface area contributed by atoms with E-state index in [0.717, 1.165) is 0 Å². The zero-order valence-corrected chi connectivity index (χ0v) is 14.5. The second-order valence-corrected chi connectivity index (χ2v) is 7.24. The van der Waals surface area contributed by atoms with Gasteiger partial charge >= 0.3 is 0 Å². The van der Waals surface area contributed by atoms with Crippen molar-refractivity contribution in [1.82, 2.24) is 4.90 Å². The van der Waals surface area contributed by atoms with Gasteiger partial charge < -0.3 is 9.80 Å². The second kappa shape index (κ2) is 5.74. The third kappa shape index (κ3) is 2.31. The van der Waals surface area contributed by atoms with Gasteiger partial charge in [-0.25, -0.2) is 0 Å². The van der Waals surface area contributed by atoms with Crippen molar-refractivity contribution in [3.63, 3.8) is 0 Å². The van der Waals surface area contributed by atoms with Crippen LogP contribution in [0.4, 0.5) is 5.69 Å². The number of hydrogen-bond acceptors (Lipinski definition) is 2. The van der Waals surface area contributed by atoms with Crippen molar-refractivity contribution in [2.45, 2.75) is 59.0 Å². The fourth-order valence-electron chi connectivity index (χ4n) is 4.65. The molecule has 23 heavy (non-hydrogen) atoms. The normalized spacial score (nSPS) is 31.8. The van der Waals surface area contributed by atoms with Crippen LogP contribution < -0.4 is 4.90 Å². The summed E-state index contributed by atoms with van der Waals surface area (Å²) >= 11 is 0. The van der Waals surface area contributed by atoms with Gasteiger partial charge in [0.1, 0.15) is 6.17 Å². The number of benzene rings is 1. The molecule has 0 amide bonds. The van der Waals surface area contributed by atoms with Crippen LogP contribution in [-0.4, -0.2) is 11.1 Å². The lowest BCUT2D eigenvalue weighted by atomic mass is 9.79. The summed E-state index contributed by atoms with van der Waals surface area (Å²) < 4.78 is 9.32. The molecule has 0 N–H and O–H groups in total. The minimum atomic E-state index is -0.545. The van der Waals surface area contributed by atoms with Crippen LogP contribution in [0.5, 0.6) is 0 Å². The number of nitrogens with zero attached hydrogens (tertiary/aromatic N) is 2. The second-order valence-electron chi connectivity index (χ2n) is 7.24. The van der Waals surface area contributed by atoms with Crippen molar-refractivity contribution < 1.29 is 1.37 Å². The van der Waals surface area contributed by atoms with Crippen molar-refractivity contribution >= 4 is 5.69 Å². The molecular formula is C21H28N2. The molecule has 122 valence electrons. The largest absolute Gasteiger partial charge is 0.329 e. The van der Waals surface area contributed by atoms with Gasteiger partial charge in [-0.2, -0.15) is 0 Å². The molecule has 2 aliphatic heterocycles. The first-order chi connectivity index (χ1) is 11.5. The van der Waals surface area contributed by atoms with Crippen LogP contribution >= 0.6 is 0 Å². The lowest BCUT2D eigenvalue weighted by molar-refractivity contribution is 0.287. The minimum Gasteiger partial charge on any atom is -0.329 e. The molecule has 1 saturated carbocycles. The Morgan fingerprint density at radius 2 is 1.83 bits per heavy atom. The summed E-state index contributed by atoms with van der Waals surface area (Å²) in [5, 5.41) is 0. The maximum atomic E-state index is 9.32.